The molecule has 0 aliphatic carbocycles. The van der Waals surface area contributed by atoms with E-state index >= 15 is 0 Å². The van der Waals surface area contributed by atoms with E-state index in [-0.39, 0.29) is 23.8 Å². The largest absolute Gasteiger partial charge is 0.467 e. The molecule has 1 amide bonds. The molecule has 1 unspecified atom stereocenters. The van der Waals surface area contributed by atoms with Crippen LogP contribution in [-0.4, -0.2) is 49.6 Å². The maximum absolute atomic E-state index is 12.3. The molecule has 5 heteroatoms. The Morgan fingerprint density at radius 2 is 2.12 bits per heavy atom. The number of nitrogens with zero attached hydrogens (tertiary/aromatic N) is 1. The molecule has 0 aromatic carbocycles. The zero-order valence-electron chi connectivity index (χ0n) is 10.3. The molecule has 2 aliphatic heterocycles. The van der Waals surface area contributed by atoms with E-state index in [1.807, 2.05) is 0 Å². The Morgan fingerprint density at radius 1 is 1.29 bits per heavy atom. The van der Waals surface area contributed by atoms with Crippen LogP contribution in [0.3, 0.4) is 0 Å². The summed E-state index contributed by atoms with van der Waals surface area (Å²) in [5, 5.41) is 3.23. The summed E-state index contributed by atoms with van der Waals surface area (Å²) in [6, 6.07) is -0.352. The number of ether oxygens (including phenoxy) is 1. The molecule has 2 saturated heterocycles. The molecule has 0 aromatic heterocycles. The van der Waals surface area contributed by atoms with Gasteiger partial charge in [-0.25, -0.2) is 4.79 Å². The van der Waals surface area contributed by atoms with Crippen molar-refractivity contribution in [2.75, 3.05) is 26.7 Å². The van der Waals surface area contributed by atoms with Crippen LogP contribution in [0.2, 0.25) is 0 Å². The zero-order valence-corrected chi connectivity index (χ0v) is 10.3. The van der Waals surface area contributed by atoms with E-state index in [1.54, 1.807) is 4.90 Å². The first-order valence-electron chi connectivity index (χ1n) is 6.33. The van der Waals surface area contributed by atoms with Gasteiger partial charge in [0.15, 0.2) is 0 Å². The standard InChI is InChI=1S/C12H20N2O3/c1-17-12(16)10-5-3-7-14(10)11(15)9-4-2-6-13-8-9/h9-10,13H,2-8H2,1H3/t9-,10?/m0/s1. The van der Waals surface area contributed by atoms with Gasteiger partial charge in [0.2, 0.25) is 5.91 Å². The van der Waals surface area contributed by atoms with Crippen molar-refractivity contribution < 1.29 is 14.3 Å². The van der Waals surface area contributed by atoms with Crippen LogP contribution in [0.4, 0.5) is 0 Å². The summed E-state index contributed by atoms with van der Waals surface area (Å²) in [7, 11) is 1.38. The van der Waals surface area contributed by atoms with Crippen LogP contribution in [0.1, 0.15) is 25.7 Å². The van der Waals surface area contributed by atoms with Crippen molar-refractivity contribution in [1.29, 1.82) is 0 Å². The first kappa shape index (κ1) is 12.4. The number of carbonyl (C=O) groups is 2. The summed E-state index contributed by atoms with van der Waals surface area (Å²) in [6.07, 6.45) is 3.59. The summed E-state index contributed by atoms with van der Waals surface area (Å²) < 4.78 is 4.75. The van der Waals surface area contributed by atoms with Gasteiger partial charge >= 0.3 is 5.97 Å². The smallest absolute Gasteiger partial charge is 0.328 e. The van der Waals surface area contributed by atoms with Crippen LogP contribution in [-0.2, 0) is 14.3 Å². The van der Waals surface area contributed by atoms with Gasteiger partial charge in [-0.2, -0.15) is 0 Å². The van der Waals surface area contributed by atoms with Gasteiger partial charge in [-0.3, -0.25) is 4.79 Å². The van der Waals surface area contributed by atoms with Gasteiger partial charge in [-0.1, -0.05) is 0 Å². The lowest BCUT2D eigenvalue weighted by atomic mass is 9.98. The van der Waals surface area contributed by atoms with Crippen molar-refractivity contribution in [3.63, 3.8) is 0 Å². The number of carbonyl (C=O) groups excluding carboxylic acids is 2. The number of rotatable bonds is 2. The van der Waals surface area contributed by atoms with Crippen molar-refractivity contribution in [1.82, 2.24) is 10.2 Å². The minimum absolute atomic E-state index is 0.0361. The fraction of sp³-hybridized carbons (Fsp3) is 0.833. The highest BCUT2D eigenvalue weighted by molar-refractivity contribution is 5.86. The lowest BCUT2D eigenvalue weighted by Gasteiger charge is -2.29. The topological polar surface area (TPSA) is 58.6 Å². The van der Waals surface area contributed by atoms with Crippen LogP contribution >= 0.6 is 0 Å². The van der Waals surface area contributed by atoms with Crippen LogP contribution in [0, 0.1) is 5.92 Å². The molecule has 2 rings (SSSR count). The van der Waals surface area contributed by atoms with E-state index in [9.17, 15) is 9.59 Å². The molecule has 5 nitrogen and oxygen atoms in total. The quantitative estimate of drug-likeness (QED) is 0.698. The lowest BCUT2D eigenvalue weighted by molar-refractivity contribution is -0.152. The first-order chi connectivity index (χ1) is 8.24. The molecule has 2 fully saturated rings. The third-order valence-electron chi connectivity index (χ3n) is 3.66. The van der Waals surface area contributed by atoms with Gasteiger partial charge in [-0.15, -0.1) is 0 Å². The van der Waals surface area contributed by atoms with Gasteiger partial charge < -0.3 is 15.0 Å². The summed E-state index contributed by atoms with van der Waals surface area (Å²) in [5.74, 6) is -0.126. The van der Waals surface area contributed by atoms with Crippen LogP contribution in [0.25, 0.3) is 0 Å². The molecule has 2 atom stereocenters. The number of hydrogen-bond donors (Lipinski definition) is 1. The molecular weight excluding hydrogens is 220 g/mol. The SMILES string of the molecule is COC(=O)C1CCCN1C(=O)[C@H]1CCCNC1. The van der Waals surface area contributed by atoms with E-state index in [0.717, 1.165) is 38.8 Å². The van der Waals surface area contributed by atoms with E-state index in [4.69, 9.17) is 4.74 Å². The van der Waals surface area contributed by atoms with Crippen LogP contribution < -0.4 is 5.32 Å². The van der Waals surface area contributed by atoms with Gasteiger partial charge in [0.05, 0.1) is 13.0 Å². The van der Waals surface area contributed by atoms with E-state index in [1.165, 1.54) is 7.11 Å². The highest BCUT2D eigenvalue weighted by Crippen LogP contribution is 2.23. The van der Waals surface area contributed by atoms with E-state index in [0.29, 0.717) is 6.54 Å². The maximum atomic E-state index is 12.3. The minimum Gasteiger partial charge on any atom is -0.467 e. The predicted octanol–water partition coefficient (Wildman–Crippen LogP) is 0.150. The average Bonchev–Trinajstić information content (AvgIpc) is 2.87. The van der Waals surface area contributed by atoms with Gasteiger partial charge in [0, 0.05) is 13.1 Å². The highest BCUT2D eigenvalue weighted by atomic mass is 16.5. The Kier molecular flexibility index (Phi) is 3.99. The summed E-state index contributed by atoms with van der Waals surface area (Å²) in [4.78, 5) is 25.6. The first-order valence-corrected chi connectivity index (χ1v) is 6.33. The van der Waals surface area contributed by atoms with Crippen molar-refractivity contribution in [2.24, 2.45) is 5.92 Å². The molecule has 0 bridgehead atoms. The van der Waals surface area contributed by atoms with Crippen molar-refractivity contribution in [3.05, 3.63) is 0 Å². The van der Waals surface area contributed by atoms with Gasteiger partial charge in [-0.05, 0) is 32.2 Å². The normalized spacial score (nSPS) is 29.1. The van der Waals surface area contributed by atoms with Gasteiger partial charge in [0.1, 0.15) is 6.04 Å². The number of piperidine rings is 1. The molecule has 1 N–H and O–H groups in total. The van der Waals surface area contributed by atoms with E-state index < -0.39 is 0 Å². The fourth-order valence-electron chi connectivity index (χ4n) is 2.71. The second-order valence-corrected chi connectivity index (χ2v) is 4.76. The average molecular weight is 240 g/mol. The number of esters is 1. The van der Waals surface area contributed by atoms with Crippen molar-refractivity contribution >= 4 is 11.9 Å². The second-order valence-electron chi connectivity index (χ2n) is 4.76. The maximum Gasteiger partial charge on any atom is 0.328 e. The minimum atomic E-state index is -0.352. The van der Waals surface area contributed by atoms with E-state index in [2.05, 4.69) is 5.32 Å². The Hall–Kier alpha value is -1.10. The monoisotopic (exact) mass is 240 g/mol. The summed E-state index contributed by atoms with van der Waals surface area (Å²) in [6.45, 7) is 2.42. The molecule has 2 heterocycles. The van der Waals surface area contributed by atoms with Crippen molar-refractivity contribution in [3.8, 4) is 0 Å². The Morgan fingerprint density at radius 3 is 2.76 bits per heavy atom. The van der Waals surface area contributed by atoms with Crippen LogP contribution in [0.5, 0.6) is 0 Å². The molecule has 2 aliphatic rings. The number of nitrogens with one attached hydrogen (secondary N) is 1. The molecule has 96 valence electrons. The second kappa shape index (κ2) is 5.49. The molecule has 0 aromatic rings. The Balaban J connectivity index is 1.99. The van der Waals surface area contributed by atoms with Crippen molar-refractivity contribution in [2.45, 2.75) is 31.7 Å². The number of likely N-dealkylation sites (tertiary alicyclic amines) is 1. The molecule has 0 spiro atoms. The third kappa shape index (κ3) is 2.60. The number of amides is 1. The van der Waals surface area contributed by atoms with Gasteiger partial charge in [0.25, 0.3) is 0 Å². The zero-order chi connectivity index (χ0) is 12.3. The predicted molar refractivity (Wildman–Crippen MR) is 62.3 cm³/mol. The molecule has 17 heavy (non-hydrogen) atoms. The molecule has 0 saturated carbocycles. The summed E-state index contributed by atoms with van der Waals surface area (Å²) in [5.41, 5.74) is 0. The summed E-state index contributed by atoms with van der Waals surface area (Å²) >= 11 is 0. The molecular formula is C12H20N2O3. The number of methoxy groups -OCH3 is 1. The lowest BCUT2D eigenvalue weighted by Crippen LogP contribution is -2.47. The molecule has 0 radical (unpaired) electrons. The highest BCUT2D eigenvalue weighted by Gasteiger charge is 2.37. The Bertz CT molecular complexity index is 300. The Labute approximate surface area is 101 Å². The third-order valence-corrected chi connectivity index (χ3v) is 3.66. The number of hydrogen-bond acceptors (Lipinski definition) is 4. The van der Waals surface area contributed by atoms with Crippen LogP contribution in [0.15, 0.2) is 0 Å². The fourth-order valence-corrected chi connectivity index (χ4v) is 2.71.